The van der Waals surface area contributed by atoms with Crippen molar-refractivity contribution < 1.29 is 37.0 Å². The van der Waals surface area contributed by atoms with Gasteiger partial charge in [0.05, 0.1) is 19.6 Å². The Hall–Kier alpha value is -1.58. The predicted octanol–water partition coefficient (Wildman–Crippen LogP) is 13.2. The van der Waals surface area contributed by atoms with Gasteiger partial charge in [-0.05, 0) is 93.9 Å². The van der Waals surface area contributed by atoms with Crippen molar-refractivity contribution in [3.05, 3.63) is 93.0 Å². The number of phosphoric ester groups is 2. The maximum Gasteiger partial charge on any atom is 2.00 e. The Balaban J connectivity index is 0.000000264. The predicted molar refractivity (Wildman–Crippen MR) is 250 cm³/mol. The molecule has 2 aliphatic rings. The molecular formula is C48H64CaO8P2S2. The molecule has 0 N–H and O–H groups in total. The second-order valence-electron chi connectivity index (χ2n) is 19.8. The second kappa shape index (κ2) is 19.1. The van der Waals surface area contributed by atoms with Crippen LogP contribution in [0, 0.1) is 0 Å². The monoisotopic (exact) mass is 934 g/mol. The first-order valence-corrected chi connectivity index (χ1v) is 25.5. The zero-order valence-electron chi connectivity index (χ0n) is 39.1. The van der Waals surface area contributed by atoms with Crippen LogP contribution in [0.4, 0.5) is 0 Å². The molecule has 0 fully saturated rings. The summed E-state index contributed by atoms with van der Waals surface area (Å²) in [7, 11) is -9.25. The van der Waals surface area contributed by atoms with Crippen molar-refractivity contribution >= 4 is 76.9 Å². The minimum absolute atomic E-state index is 0. The van der Waals surface area contributed by atoms with Crippen molar-refractivity contribution in [2.24, 2.45) is 0 Å². The molecular weight excluding hydrogens is 871 g/mol. The number of fused-ring (bicyclic) bond motifs is 4. The summed E-state index contributed by atoms with van der Waals surface area (Å²) in [5.41, 5.74) is 6.99. The number of hydrogen-bond acceptors (Lipinski definition) is 10. The molecule has 2 aliphatic heterocycles. The summed E-state index contributed by atoms with van der Waals surface area (Å²) in [6.45, 7) is 33.2. The summed E-state index contributed by atoms with van der Waals surface area (Å²) >= 11 is 3.05. The quantitative estimate of drug-likeness (QED) is 0.145. The van der Waals surface area contributed by atoms with E-state index in [9.17, 15) is 18.9 Å². The summed E-state index contributed by atoms with van der Waals surface area (Å²) in [6.07, 6.45) is 3.43. The topological polar surface area (TPSA) is 117 Å². The van der Waals surface area contributed by atoms with Crippen LogP contribution >= 0.6 is 39.2 Å². The number of aryl methyl sites for hydroxylation is 4. The molecule has 0 amide bonds. The van der Waals surface area contributed by atoms with Gasteiger partial charge in [-0.1, -0.05) is 159 Å². The van der Waals surface area contributed by atoms with Crippen LogP contribution in [-0.2, 0) is 56.5 Å². The van der Waals surface area contributed by atoms with Crippen LogP contribution in [0.3, 0.4) is 0 Å². The van der Waals surface area contributed by atoms with Crippen LogP contribution in [0.25, 0.3) is 0 Å². The fourth-order valence-corrected chi connectivity index (χ4v) is 11.4. The van der Waals surface area contributed by atoms with Gasteiger partial charge in [-0.2, -0.15) is 0 Å². The van der Waals surface area contributed by atoms with Crippen molar-refractivity contribution in [1.82, 2.24) is 0 Å². The standard InChI is InChI=1S/2C24H33O4PS.Ca/c2*1-9-15-11-17(23(3,4)5)21-19(13-15)30-20-14-16(10-2)12-18(24(6,7)8)22(20)28-29(25,26)27-21;/h2*11-14H,9-10H2,1-8H3,(H,25,26);/q;;+2/p-2. The first kappa shape index (κ1) is 52.0. The Bertz CT molecular complexity index is 2050. The number of hydrogen-bond donors (Lipinski definition) is 0. The Morgan fingerprint density at radius 1 is 0.410 bits per heavy atom. The molecule has 0 saturated carbocycles. The van der Waals surface area contributed by atoms with Gasteiger partial charge in [-0.3, -0.25) is 0 Å². The molecule has 0 aromatic heterocycles. The normalized spacial score (nSPS) is 15.6. The van der Waals surface area contributed by atoms with Gasteiger partial charge in [0.25, 0.3) is 0 Å². The van der Waals surface area contributed by atoms with Gasteiger partial charge in [0.2, 0.25) is 0 Å². The molecule has 4 aromatic rings. The SMILES string of the molecule is CCc1cc2c(c(C(C)(C)C)c1)OP(=O)([O-])Oc1c(cc(CC)cc1C(C)(C)C)S2.CCc1cc2c(c(C(C)(C)C)c1)OP(=O)([O-])Oc1c(cc(CC)cc1C(C)(C)C)S2.[Ca+2]. The smallest absolute Gasteiger partial charge is 0.736 e. The number of benzene rings is 4. The molecule has 328 valence electrons. The molecule has 6 rings (SSSR count). The fraction of sp³-hybridized carbons (Fsp3) is 0.500. The van der Waals surface area contributed by atoms with Crippen LogP contribution in [-0.4, -0.2) is 37.7 Å². The third kappa shape index (κ3) is 12.4. The molecule has 4 aromatic carbocycles. The van der Waals surface area contributed by atoms with Crippen molar-refractivity contribution in [3.63, 3.8) is 0 Å². The van der Waals surface area contributed by atoms with Crippen molar-refractivity contribution in [1.29, 1.82) is 0 Å². The molecule has 8 nitrogen and oxygen atoms in total. The average molecular weight is 935 g/mol. The summed E-state index contributed by atoms with van der Waals surface area (Å²) in [5, 5.41) is 0. The fourth-order valence-electron chi connectivity index (χ4n) is 7.08. The van der Waals surface area contributed by atoms with E-state index in [-0.39, 0.29) is 59.4 Å². The summed E-state index contributed by atoms with van der Waals surface area (Å²) in [6, 6.07) is 16.4. The maximum atomic E-state index is 13.0. The minimum atomic E-state index is -4.63. The van der Waals surface area contributed by atoms with Gasteiger partial charge in [0.15, 0.2) is 0 Å². The van der Waals surface area contributed by atoms with Crippen LogP contribution < -0.4 is 27.9 Å². The summed E-state index contributed by atoms with van der Waals surface area (Å²) < 4.78 is 48.5. The van der Waals surface area contributed by atoms with Crippen molar-refractivity contribution in [2.75, 3.05) is 0 Å². The first-order chi connectivity index (χ1) is 27.5. The summed E-state index contributed by atoms with van der Waals surface area (Å²) in [5.74, 6) is 1.53. The largest absolute Gasteiger partial charge is 2.00 e. The molecule has 0 saturated heterocycles. The molecule has 0 bridgehead atoms. The Kier molecular flexibility index (Phi) is 16.3. The van der Waals surface area contributed by atoms with E-state index in [0.29, 0.717) is 23.0 Å². The Labute approximate surface area is 404 Å². The van der Waals surface area contributed by atoms with Gasteiger partial charge in [-0.15, -0.1) is 0 Å². The molecule has 13 heteroatoms. The van der Waals surface area contributed by atoms with Gasteiger partial charge < -0.3 is 27.9 Å². The van der Waals surface area contributed by atoms with E-state index in [0.717, 1.165) is 89.8 Å². The third-order valence-electron chi connectivity index (χ3n) is 10.6. The first-order valence-electron chi connectivity index (χ1n) is 21.0. The maximum absolute atomic E-state index is 13.0. The van der Waals surface area contributed by atoms with Crippen LogP contribution in [0.2, 0.25) is 0 Å². The average Bonchev–Trinajstić information content (AvgIpc) is 3.10. The second-order valence-corrected chi connectivity index (χ2v) is 24.4. The van der Waals surface area contributed by atoms with E-state index in [2.05, 4.69) is 111 Å². The van der Waals surface area contributed by atoms with Crippen LogP contribution in [0.5, 0.6) is 23.0 Å². The minimum Gasteiger partial charge on any atom is -0.736 e. The molecule has 0 aliphatic carbocycles. The van der Waals surface area contributed by atoms with Crippen molar-refractivity contribution in [2.45, 2.75) is 178 Å². The van der Waals surface area contributed by atoms with E-state index in [4.69, 9.17) is 18.1 Å². The van der Waals surface area contributed by atoms with E-state index >= 15 is 0 Å². The Morgan fingerprint density at radius 2 is 0.590 bits per heavy atom. The van der Waals surface area contributed by atoms with E-state index in [1.54, 1.807) is 0 Å². The zero-order valence-corrected chi connectivity index (χ0v) is 44.8. The zero-order chi connectivity index (χ0) is 45.0. The molecule has 0 unspecified atom stereocenters. The van der Waals surface area contributed by atoms with Gasteiger partial charge in [0, 0.05) is 22.3 Å². The van der Waals surface area contributed by atoms with Gasteiger partial charge >= 0.3 is 53.4 Å². The summed E-state index contributed by atoms with van der Waals surface area (Å²) in [4.78, 5) is 29.2. The molecule has 0 spiro atoms. The van der Waals surface area contributed by atoms with Gasteiger partial charge in [-0.25, -0.2) is 9.13 Å². The van der Waals surface area contributed by atoms with Crippen molar-refractivity contribution in [3.8, 4) is 23.0 Å². The Morgan fingerprint density at radius 3 is 0.738 bits per heavy atom. The third-order valence-corrected chi connectivity index (χ3v) is 14.3. The van der Waals surface area contributed by atoms with E-state index < -0.39 is 15.6 Å². The molecule has 0 atom stereocenters. The molecule has 0 radical (unpaired) electrons. The van der Waals surface area contributed by atoms with E-state index in [1.165, 1.54) is 23.5 Å². The molecule has 2 heterocycles. The number of rotatable bonds is 4. The van der Waals surface area contributed by atoms with Gasteiger partial charge in [0.1, 0.15) is 23.0 Å². The molecule has 61 heavy (non-hydrogen) atoms. The van der Waals surface area contributed by atoms with E-state index in [1.807, 2.05) is 48.5 Å². The number of phosphoric acid groups is 2. The van der Waals surface area contributed by atoms with Crippen LogP contribution in [0.15, 0.2) is 68.1 Å². The van der Waals surface area contributed by atoms with Crippen LogP contribution in [0.1, 0.15) is 155 Å².